The number of carbonyl (C=O) groups excluding carboxylic acids is 1. The fraction of sp³-hybridized carbons (Fsp3) is 0.533. The number of terminal acetylenes is 1. The summed E-state index contributed by atoms with van der Waals surface area (Å²) in [6.07, 6.45) is 14.0. The minimum absolute atomic E-state index is 0.00225. The Labute approximate surface area is 742 Å². The van der Waals surface area contributed by atoms with Gasteiger partial charge in [0.15, 0.2) is 0 Å². The van der Waals surface area contributed by atoms with Gasteiger partial charge in [-0.05, 0) is 134 Å². The van der Waals surface area contributed by atoms with Gasteiger partial charge in [0.1, 0.15) is 54.3 Å². The molecule has 8 atom stereocenters. The molecule has 28 nitrogen and oxygen atoms in total. The van der Waals surface area contributed by atoms with Gasteiger partial charge in [-0.1, -0.05) is 128 Å². The predicted octanol–water partition coefficient (Wildman–Crippen LogP) is 11.0. The van der Waals surface area contributed by atoms with E-state index >= 15 is 0 Å². The summed E-state index contributed by atoms with van der Waals surface area (Å²) in [5, 5.41) is 66.3. The molecular formula is C92H120FN17O11S4. The number of anilines is 9. The third-order valence-corrected chi connectivity index (χ3v) is 31.5. The molecule has 4 aromatic carbocycles. The highest BCUT2D eigenvalue weighted by Gasteiger charge is 2.46. The summed E-state index contributed by atoms with van der Waals surface area (Å²) >= 11 is 0. The smallest absolute Gasteiger partial charge is 0.412 e. The normalized spacial score (nSPS) is 20.9. The number of rotatable bonds is 23. The molecule has 125 heavy (non-hydrogen) atoms. The Morgan fingerprint density at radius 1 is 0.480 bits per heavy atom. The van der Waals surface area contributed by atoms with Crippen molar-refractivity contribution < 1.29 is 56.3 Å². The van der Waals surface area contributed by atoms with Crippen molar-refractivity contribution in [2.24, 2.45) is 23.7 Å². The summed E-state index contributed by atoms with van der Waals surface area (Å²) in [5.41, 5.74) is 8.42. The summed E-state index contributed by atoms with van der Waals surface area (Å²) in [7, 11) is -4.47. The van der Waals surface area contributed by atoms with Crippen molar-refractivity contribution >= 4 is 102 Å². The van der Waals surface area contributed by atoms with Gasteiger partial charge in [-0.15, -0.1) is 6.42 Å². The highest BCUT2D eigenvalue weighted by atomic mass is 32.2. The highest BCUT2D eigenvalue weighted by Crippen LogP contribution is 2.46. The van der Waals surface area contributed by atoms with E-state index in [2.05, 4.69) is 104 Å². The number of aryl methyl sites for hydroxylation is 5. The number of hydrogen-bond acceptors (Lipinski definition) is 27. The Kier molecular flexibility index (Phi) is 30.0. The van der Waals surface area contributed by atoms with E-state index in [1.807, 2.05) is 95.8 Å². The fourth-order valence-electron chi connectivity index (χ4n) is 17.7. The first-order valence-corrected chi connectivity index (χ1v) is 49.3. The zero-order chi connectivity index (χ0) is 88.5. The number of nitrogens with zero attached hydrogens (tertiary/aromatic N) is 12. The Morgan fingerprint density at radius 2 is 0.824 bits per heavy atom. The molecule has 0 radical (unpaired) electrons. The molecule has 17 rings (SSSR count). The molecular weight excluding hydrogens is 1670 g/mol. The average molecular weight is 1790 g/mol. The maximum atomic E-state index is 13.9. The lowest BCUT2D eigenvalue weighted by Crippen LogP contribution is -2.48. The lowest BCUT2D eigenvalue weighted by atomic mass is 9.82. The second kappa shape index (κ2) is 40.8. The Morgan fingerprint density at radius 3 is 1.18 bits per heavy atom. The number of ether oxygens (including phenoxy) is 1. The van der Waals surface area contributed by atoms with Crippen molar-refractivity contribution in [1.29, 1.82) is 0 Å². The van der Waals surface area contributed by atoms with Crippen LogP contribution in [0.3, 0.4) is 0 Å². The number of amides is 1. The predicted molar refractivity (Wildman–Crippen MR) is 491 cm³/mol. The van der Waals surface area contributed by atoms with Crippen LogP contribution in [0.2, 0.25) is 0 Å². The first-order chi connectivity index (χ1) is 60.2. The maximum Gasteiger partial charge on any atom is 0.412 e. The molecule has 0 aliphatic carbocycles. The average Bonchev–Trinajstić information content (AvgIpc) is 1.62. The molecule has 10 N–H and O–H groups in total. The molecule has 9 aliphatic rings. The number of hydrogen-bond donors (Lipinski definition) is 10. The monoisotopic (exact) mass is 1790 g/mol. The van der Waals surface area contributed by atoms with E-state index in [1.54, 1.807) is 0 Å². The summed E-state index contributed by atoms with van der Waals surface area (Å²) in [4.78, 5) is 61.6. The molecule has 4 saturated heterocycles. The van der Waals surface area contributed by atoms with E-state index in [0.29, 0.717) is 167 Å². The van der Waals surface area contributed by atoms with Crippen molar-refractivity contribution in [3.63, 3.8) is 0 Å². The summed E-state index contributed by atoms with van der Waals surface area (Å²) in [6.45, 7) is 23.9. The number of fused-ring (bicyclic) bond motifs is 6. The molecule has 0 bridgehead atoms. The molecule has 4 unspecified atom stereocenters. The molecule has 33 heteroatoms. The fourth-order valence-corrected chi connectivity index (χ4v) is 22.9. The van der Waals surface area contributed by atoms with Gasteiger partial charge in [0, 0.05) is 125 Å². The van der Waals surface area contributed by atoms with Gasteiger partial charge < -0.3 is 71.1 Å². The zero-order valence-electron chi connectivity index (χ0n) is 73.0. The number of aromatic nitrogens is 8. The van der Waals surface area contributed by atoms with Crippen LogP contribution in [0, 0.1) is 48.8 Å². The van der Waals surface area contributed by atoms with E-state index in [0.717, 1.165) is 114 Å². The summed E-state index contributed by atoms with van der Waals surface area (Å²) in [5.74, 6) is 11.3. The van der Waals surface area contributed by atoms with Crippen LogP contribution in [0.15, 0.2) is 117 Å². The number of benzene rings is 4. The molecule has 4 aromatic heterocycles. The van der Waals surface area contributed by atoms with Gasteiger partial charge in [-0.3, -0.25) is 22.2 Å². The second-order valence-corrected chi connectivity index (χ2v) is 41.3. The van der Waals surface area contributed by atoms with Gasteiger partial charge >= 0.3 is 6.09 Å². The molecule has 13 heterocycles. The molecule has 8 aromatic rings. The SMILES string of the molecule is C#Cc1ccc(C2CCN(c3nc4c(c(N[C@@H](CO)C(C)C)n3)S(=O)CC4)CC2)cc1.CC(C)[C@H](CO)Nc1nc(N2CCC(c3ccccc3)CC2)nc2c1S(=O)CC2.CC(C)[C@H](CO)Nc1nc(N2CCC3(CC2)OC(=O)Nc2ccccc23)nc2c1S(=O)CC2.Cc1cc(F)cc(C2(O)CCN(c3nc4c(c(N[C@@H](CO)C(C)C)n3)S(=O)CC4)CC2)c1. The lowest BCUT2D eigenvalue weighted by molar-refractivity contribution is -0.00822. The number of halogens is 1. The van der Waals surface area contributed by atoms with E-state index in [4.69, 9.17) is 51.0 Å². The second-order valence-electron chi connectivity index (χ2n) is 35.3. The van der Waals surface area contributed by atoms with Crippen molar-refractivity contribution in [3.8, 4) is 12.3 Å². The number of aliphatic hydroxyl groups excluding tert-OH is 4. The standard InChI is InChI=1S/C24H30N4O2S.C23H31FN4O3S.C23H29N5O4S.C22H30N4O2S/c1-4-17-5-7-18(8-6-17)19-9-12-28(13-10-19)24-26-20-11-14-31(30)22(20)23(27-24)25-21(15-29)16(2)3;1-14(2)19(13-29)25-21-20-18(4-9-32(20)31)26-22(27-21)28-7-5-23(30,6-8-28)16-10-15(3)11-17(24)12-16;1-14(2)18(13-29)24-20-19-17(7-12-33(19)31)25-21(27-20)28-10-8-23(9-11-28)15-5-3-4-6-16(15)26-22(30)32-23;1-15(2)19(14-27)23-21-20-18(10-13-29(20)28)24-22(25-21)26-11-8-17(9-12-26)16-6-4-3-5-7-16/h1,5-8,16,19,21,29H,9-15H2,2-3H3,(H,25,26,27);10-12,14,19,29-30H,4-9,13H2,1-3H3,(H,25,26,27);3-6,14,18,29H,7-13H2,1-2H3,(H,26,30)(H,24,25,27);3-7,15,17,19,27H,8-14H2,1-2H3,(H,23,24,25)/t21-,31?;19-,32?;18-,33?;19-,29?/m0000/s1. The topological polar surface area (TPSA) is 372 Å². The zero-order valence-corrected chi connectivity index (χ0v) is 76.2. The van der Waals surface area contributed by atoms with Crippen molar-refractivity contribution in [1.82, 2.24) is 39.9 Å². The Bertz CT molecular complexity index is 5250. The molecule has 1 spiro atoms. The molecule has 0 saturated carbocycles. The number of carbonyl (C=O) groups is 1. The summed E-state index contributed by atoms with van der Waals surface area (Å²) < 4.78 is 70.0. The van der Waals surface area contributed by atoms with E-state index < -0.39 is 60.5 Å². The maximum absolute atomic E-state index is 13.9. The third kappa shape index (κ3) is 21.1. The highest BCUT2D eigenvalue weighted by molar-refractivity contribution is 7.86. The number of piperidine rings is 4. The van der Waals surface area contributed by atoms with Gasteiger partial charge in [0.25, 0.3) is 0 Å². The minimum Gasteiger partial charge on any atom is -0.438 e. The van der Waals surface area contributed by atoms with Crippen LogP contribution in [0.4, 0.5) is 61.9 Å². The van der Waals surface area contributed by atoms with Crippen LogP contribution in [-0.2, 0) is 84.8 Å². The van der Waals surface area contributed by atoms with E-state index in [9.17, 15) is 51.6 Å². The van der Waals surface area contributed by atoms with Crippen molar-refractivity contribution in [2.45, 2.75) is 206 Å². The first-order valence-electron chi connectivity index (χ1n) is 44.0. The largest absolute Gasteiger partial charge is 0.438 e. The number of nitrogens with one attached hydrogen (secondary N) is 5. The molecule has 4 fully saturated rings. The molecule has 9 aliphatic heterocycles. The van der Waals surface area contributed by atoms with Crippen LogP contribution < -0.4 is 46.2 Å². The van der Waals surface area contributed by atoms with Crippen molar-refractivity contribution in [2.75, 3.05) is 148 Å². The lowest BCUT2D eigenvalue weighted by Gasteiger charge is -2.44. The van der Waals surface area contributed by atoms with Crippen LogP contribution in [0.25, 0.3) is 0 Å². The van der Waals surface area contributed by atoms with Crippen LogP contribution >= 0.6 is 0 Å². The van der Waals surface area contributed by atoms with Gasteiger partial charge in [-0.2, -0.15) is 19.9 Å². The first kappa shape index (κ1) is 92.0. The van der Waals surface area contributed by atoms with Crippen molar-refractivity contribution in [3.05, 3.63) is 159 Å². The van der Waals surface area contributed by atoms with Gasteiger partial charge in [-0.25, -0.2) is 29.1 Å². The van der Waals surface area contributed by atoms with Crippen LogP contribution in [0.1, 0.15) is 175 Å². The van der Waals surface area contributed by atoms with Crippen LogP contribution in [0.5, 0.6) is 0 Å². The Balaban J connectivity index is 0.000000136. The number of para-hydroxylation sites is 1. The summed E-state index contributed by atoms with van der Waals surface area (Å²) in [6, 6.07) is 30.8. The minimum atomic E-state index is -1.16. The molecule has 1 amide bonds. The van der Waals surface area contributed by atoms with E-state index in [1.165, 1.54) is 23.3 Å². The van der Waals surface area contributed by atoms with Gasteiger partial charge in [0.2, 0.25) is 23.8 Å². The van der Waals surface area contributed by atoms with Gasteiger partial charge in [0.05, 0.1) is 128 Å². The van der Waals surface area contributed by atoms with Crippen LogP contribution in [-0.4, -0.2) is 214 Å². The third-order valence-electron chi connectivity index (χ3n) is 25.6. The quantitative estimate of drug-likeness (QED) is 0.0266. The van der Waals surface area contributed by atoms with E-state index in [-0.39, 0.29) is 80.1 Å². The Hall–Kier alpha value is -9.24. The molecule has 670 valence electrons. The number of aliphatic hydroxyl groups is 5.